The average Bonchev–Trinajstić information content (AvgIpc) is 2.38. The molecule has 0 aliphatic carbocycles. The van der Waals surface area contributed by atoms with Crippen molar-refractivity contribution in [2.75, 3.05) is 19.6 Å². The van der Waals surface area contributed by atoms with E-state index < -0.39 is 11.6 Å². The fourth-order valence-electron chi connectivity index (χ4n) is 2.36. The number of benzene rings is 1. The topological polar surface area (TPSA) is 24.1 Å². The zero-order chi connectivity index (χ0) is 12.8. The maximum atomic E-state index is 13.3. The van der Waals surface area contributed by atoms with E-state index in [1.807, 2.05) is 0 Å². The van der Waals surface area contributed by atoms with Crippen molar-refractivity contribution in [3.63, 3.8) is 0 Å². The summed E-state index contributed by atoms with van der Waals surface area (Å²) in [6.45, 7) is 3.56. The first-order chi connectivity index (χ1) is 8.75. The number of hydrogen-bond donors (Lipinski definition) is 2. The van der Waals surface area contributed by atoms with Gasteiger partial charge in [0.15, 0.2) is 0 Å². The van der Waals surface area contributed by atoms with Crippen molar-refractivity contribution in [1.29, 1.82) is 0 Å². The summed E-state index contributed by atoms with van der Waals surface area (Å²) in [6, 6.07) is 3.73. The van der Waals surface area contributed by atoms with Crippen LogP contribution in [0.5, 0.6) is 0 Å². The minimum absolute atomic E-state index is 0.465. The normalized spacial score (nSPS) is 20.0. The van der Waals surface area contributed by atoms with E-state index in [0.29, 0.717) is 12.1 Å². The second-order valence-corrected chi connectivity index (χ2v) is 4.91. The van der Waals surface area contributed by atoms with Gasteiger partial charge in [-0.3, -0.25) is 0 Å². The highest BCUT2D eigenvalue weighted by molar-refractivity contribution is 5.18. The third-order valence-corrected chi connectivity index (χ3v) is 3.46. The smallest absolute Gasteiger partial charge is 0.130 e. The van der Waals surface area contributed by atoms with E-state index in [4.69, 9.17) is 0 Å². The van der Waals surface area contributed by atoms with Crippen LogP contribution >= 0.6 is 0 Å². The molecule has 2 rings (SSSR count). The average molecular weight is 254 g/mol. The van der Waals surface area contributed by atoms with E-state index in [0.717, 1.165) is 38.0 Å². The Morgan fingerprint density at radius 3 is 2.94 bits per heavy atom. The minimum atomic E-state index is -0.524. The molecule has 1 aromatic carbocycles. The quantitative estimate of drug-likeness (QED) is 0.789. The molecule has 1 aromatic rings. The first-order valence-electron chi connectivity index (χ1n) is 6.61. The van der Waals surface area contributed by atoms with Gasteiger partial charge >= 0.3 is 0 Å². The van der Waals surface area contributed by atoms with Crippen LogP contribution in [-0.4, -0.2) is 19.6 Å². The van der Waals surface area contributed by atoms with E-state index in [2.05, 4.69) is 10.6 Å². The summed E-state index contributed by atoms with van der Waals surface area (Å²) in [7, 11) is 0. The highest BCUT2D eigenvalue weighted by atomic mass is 19.1. The fourth-order valence-corrected chi connectivity index (χ4v) is 2.36. The fraction of sp³-hybridized carbons (Fsp3) is 0.571. The molecule has 1 heterocycles. The molecule has 0 saturated carbocycles. The van der Waals surface area contributed by atoms with Gasteiger partial charge in [-0.2, -0.15) is 0 Å². The number of piperidine rings is 1. The molecule has 100 valence electrons. The Morgan fingerprint density at radius 1 is 1.33 bits per heavy atom. The van der Waals surface area contributed by atoms with E-state index in [9.17, 15) is 8.78 Å². The maximum absolute atomic E-state index is 13.3. The van der Waals surface area contributed by atoms with Gasteiger partial charge in [0.2, 0.25) is 0 Å². The molecule has 1 unspecified atom stereocenters. The molecule has 0 bridgehead atoms. The lowest BCUT2D eigenvalue weighted by Crippen LogP contribution is -2.31. The Labute approximate surface area is 107 Å². The van der Waals surface area contributed by atoms with Gasteiger partial charge in [-0.25, -0.2) is 8.78 Å². The van der Waals surface area contributed by atoms with Crippen LogP contribution in [0, 0.1) is 17.6 Å². The molecule has 4 heteroatoms. The minimum Gasteiger partial charge on any atom is -0.316 e. The first-order valence-corrected chi connectivity index (χ1v) is 6.61. The molecule has 18 heavy (non-hydrogen) atoms. The van der Waals surface area contributed by atoms with Gasteiger partial charge in [-0.1, -0.05) is 6.07 Å². The third kappa shape index (κ3) is 4.03. The van der Waals surface area contributed by atoms with Crippen LogP contribution in [-0.2, 0) is 6.54 Å². The molecule has 0 amide bonds. The number of nitrogens with one attached hydrogen (secondary N) is 2. The lowest BCUT2D eigenvalue weighted by Gasteiger charge is -2.22. The summed E-state index contributed by atoms with van der Waals surface area (Å²) in [5, 5.41) is 6.60. The Bertz CT molecular complexity index is 376. The number of halogens is 2. The van der Waals surface area contributed by atoms with Crippen molar-refractivity contribution in [3.8, 4) is 0 Å². The second-order valence-electron chi connectivity index (χ2n) is 4.91. The lowest BCUT2D eigenvalue weighted by atomic mass is 9.96. The third-order valence-electron chi connectivity index (χ3n) is 3.46. The van der Waals surface area contributed by atoms with E-state index >= 15 is 0 Å². The van der Waals surface area contributed by atoms with Crippen molar-refractivity contribution in [3.05, 3.63) is 35.4 Å². The lowest BCUT2D eigenvalue weighted by molar-refractivity contribution is 0.351. The molecule has 1 atom stereocenters. The van der Waals surface area contributed by atoms with E-state index in [1.54, 1.807) is 0 Å². The summed E-state index contributed by atoms with van der Waals surface area (Å²) in [5.41, 5.74) is 0.526. The van der Waals surface area contributed by atoms with Gasteiger partial charge in [0.25, 0.3) is 0 Å². The summed E-state index contributed by atoms with van der Waals surface area (Å²) >= 11 is 0. The molecule has 0 aromatic heterocycles. The molecule has 2 N–H and O–H groups in total. The van der Waals surface area contributed by atoms with Crippen LogP contribution in [0.1, 0.15) is 24.8 Å². The standard InChI is InChI=1S/C14H20F2N2/c15-13-4-3-12(14(16)8-13)10-18-7-5-11-2-1-6-17-9-11/h3-4,8,11,17-18H,1-2,5-7,9-10H2. The van der Waals surface area contributed by atoms with Gasteiger partial charge in [0, 0.05) is 18.2 Å². The van der Waals surface area contributed by atoms with Crippen molar-refractivity contribution < 1.29 is 8.78 Å². The zero-order valence-corrected chi connectivity index (χ0v) is 10.5. The monoisotopic (exact) mass is 254 g/mol. The Morgan fingerprint density at radius 2 is 2.22 bits per heavy atom. The first kappa shape index (κ1) is 13.4. The van der Waals surface area contributed by atoms with E-state index in [-0.39, 0.29) is 0 Å². The van der Waals surface area contributed by atoms with Crippen LogP contribution in [0.25, 0.3) is 0 Å². The van der Waals surface area contributed by atoms with Crippen LogP contribution in [0.15, 0.2) is 18.2 Å². The highest BCUT2D eigenvalue weighted by Crippen LogP contribution is 2.13. The number of hydrogen-bond acceptors (Lipinski definition) is 2. The van der Waals surface area contributed by atoms with Gasteiger partial charge < -0.3 is 10.6 Å². The van der Waals surface area contributed by atoms with Crippen molar-refractivity contribution >= 4 is 0 Å². The van der Waals surface area contributed by atoms with Crippen molar-refractivity contribution in [2.24, 2.45) is 5.92 Å². The molecule has 1 fully saturated rings. The number of rotatable bonds is 5. The maximum Gasteiger partial charge on any atom is 0.130 e. The van der Waals surface area contributed by atoms with Crippen molar-refractivity contribution in [2.45, 2.75) is 25.8 Å². The van der Waals surface area contributed by atoms with Crippen LogP contribution in [0.2, 0.25) is 0 Å². The SMILES string of the molecule is Fc1ccc(CNCCC2CCCNC2)c(F)c1. The van der Waals surface area contributed by atoms with Gasteiger partial charge in [0.05, 0.1) is 0 Å². The van der Waals surface area contributed by atoms with Crippen LogP contribution in [0.4, 0.5) is 8.78 Å². The summed E-state index contributed by atoms with van der Waals surface area (Å²) in [5.74, 6) is -0.268. The van der Waals surface area contributed by atoms with E-state index in [1.165, 1.54) is 25.0 Å². The molecule has 2 nitrogen and oxygen atoms in total. The summed E-state index contributed by atoms with van der Waals surface area (Å²) in [4.78, 5) is 0. The molecule has 1 aliphatic rings. The molecular formula is C14H20F2N2. The van der Waals surface area contributed by atoms with Crippen LogP contribution in [0.3, 0.4) is 0 Å². The Kier molecular flexibility index (Phi) is 5.08. The molecule has 0 radical (unpaired) electrons. The molecular weight excluding hydrogens is 234 g/mol. The van der Waals surface area contributed by atoms with Crippen molar-refractivity contribution in [1.82, 2.24) is 10.6 Å². The predicted molar refractivity (Wildman–Crippen MR) is 68.3 cm³/mol. The van der Waals surface area contributed by atoms with Gasteiger partial charge in [-0.15, -0.1) is 0 Å². The summed E-state index contributed by atoms with van der Waals surface area (Å²) in [6.07, 6.45) is 3.63. The molecule has 1 aliphatic heterocycles. The highest BCUT2D eigenvalue weighted by Gasteiger charge is 2.12. The second kappa shape index (κ2) is 6.81. The Balaban J connectivity index is 1.68. The molecule has 0 spiro atoms. The summed E-state index contributed by atoms with van der Waals surface area (Å²) < 4.78 is 26.1. The van der Waals surface area contributed by atoms with Gasteiger partial charge in [0.1, 0.15) is 11.6 Å². The Hall–Kier alpha value is -1.00. The van der Waals surface area contributed by atoms with Gasteiger partial charge in [-0.05, 0) is 50.9 Å². The predicted octanol–water partition coefficient (Wildman–Crippen LogP) is 2.44. The largest absolute Gasteiger partial charge is 0.316 e. The zero-order valence-electron chi connectivity index (χ0n) is 10.5. The van der Waals surface area contributed by atoms with Crippen LogP contribution < -0.4 is 10.6 Å². The molecule has 1 saturated heterocycles.